The van der Waals surface area contributed by atoms with E-state index in [2.05, 4.69) is 36.0 Å². The van der Waals surface area contributed by atoms with Crippen molar-refractivity contribution in [1.82, 2.24) is 24.7 Å². The first-order valence-corrected chi connectivity index (χ1v) is 10.9. The molecule has 3 N–H and O–H groups in total. The molecule has 3 aromatic heterocycles. The molecule has 0 fully saturated rings. The molecule has 0 spiro atoms. The van der Waals surface area contributed by atoms with Crippen LogP contribution in [0.3, 0.4) is 0 Å². The van der Waals surface area contributed by atoms with Gasteiger partial charge in [0.2, 0.25) is 0 Å². The maximum absolute atomic E-state index is 12.8. The zero-order chi connectivity index (χ0) is 24.0. The molecule has 5 rings (SSSR count). The van der Waals surface area contributed by atoms with Crippen molar-refractivity contribution in [2.24, 2.45) is 7.05 Å². The number of nitrogens with one attached hydrogen (secondary N) is 3. The van der Waals surface area contributed by atoms with E-state index >= 15 is 0 Å². The maximum atomic E-state index is 12.8. The van der Waals surface area contributed by atoms with E-state index in [0.29, 0.717) is 28.8 Å². The topological polar surface area (TPSA) is 110 Å². The van der Waals surface area contributed by atoms with E-state index in [9.17, 15) is 4.79 Å². The molecule has 1 amide bonds. The zero-order valence-corrected chi connectivity index (χ0v) is 18.9. The second-order valence-electron chi connectivity index (χ2n) is 7.69. The van der Waals surface area contributed by atoms with Gasteiger partial charge in [-0.1, -0.05) is 36.4 Å². The molecule has 0 saturated carbocycles. The van der Waals surface area contributed by atoms with Gasteiger partial charge in [0.1, 0.15) is 29.5 Å². The van der Waals surface area contributed by atoms with Crippen LogP contribution in [0.15, 0.2) is 97.5 Å². The highest BCUT2D eigenvalue weighted by atomic mass is 16.2. The van der Waals surface area contributed by atoms with Crippen molar-refractivity contribution in [3.63, 3.8) is 0 Å². The fourth-order valence-electron chi connectivity index (χ4n) is 3.47. The van der Waals surface area contributed by atoms with Gasteiger partial charge in [-0.05, 0) is 42.5 Å². The normalized spacial score (nSPS) is 10.5. The van der Waals surface area contributed by atoms with E-state index in [0.717, 1.165) is 16.9 Å². The summed E-state index contributed by atoms with van der Waals surface area (Å²) < 4.78 is 1.58. The lowest BCUT2D eigenvalue weighted by Gasteiger charge is -2.09. The largest absolute Gasteiger partial charge is 0.340 e. The second-order valence-corrected chi connectivity index (χ2v) is 7.69. The quantitative estimate of drug-likeness (QED) is 0.312. The number of anilines is 5. The molecule has 9 heteroatoms. The van der Waals surface area contributed by atoms with Gasteiger partial charge < -0.3 is 16.0 Å². The van der Waals surface area contributed by atoms with Crippen molar-refractivity contribution in [2.45, 2.75) is 0 Å². The highest BCUT2D eigenvalue weighted by molar-refractivity contribution is 6.03. The van der Waals surface area contributed by atoms with Gasteiger partial charge in [0.25, 0.3) is 5.91 Å². The van der Waals surface area contributed by atoms with E-state index in [1.54, 1.807) is 30.1 Å². The molecule has 0 aliphatic heterocycles. The Morgan fingerprint density at radius 2 is 1.46 bits per heavy atom. The maximum Gasteiger partial charge on any atom is 0.273 e. The average Bonchev–Trinajstić information content (AvgIpc) is 3.28. The Bertz CT molecular complexity index is 1430. The highest BCUT2D eigenvalue weighted by Crippen LogP contribution is 2.22. The van der Waals surface area contributed by atoms with Crippen molar-refractivity contribution in [3.05, 3.63) is 103 Å². The van der Waals surface area contributed by atoms with Crippen LogP contribution in [0.1, 0.15) is 10.5 Å². The van der Waals surface area contributed by atoms with Crippen LogP contribution in [-0.4, -0.2) is 30.6 Å². The van der Waals surface area contributed by atoms with Gasteiger partial charge in [-0.15, -0.1) is 0 Å². The third kappa shape index (κ3) is 5.31. The van der Waals surface area contributed by atoms with Crippen LogP contribution in [0.4, 0.5) is 28.8 Å². The first kappa shape index (κ1) is 21.8. The van der Waals surface area contributed by atoms with Gasteiger partial charge in [0.15, 0.2) is 0 Å². The number of amides is 1. The summed E-state index contributed by atoms with van der Waals surface area (Å²) >= 11 is 0. The van der Waals surface area contributed by atoms with E-state index in [-0.39, 0.29) is 5.91 Å². The number of pyridine rings is 1. The molecule has 0 radical (unpaired) electrons. The highest BCUT2D eigenvalue weighted by Gasteiger charge is 2.14. The molecule has 0 aliphatic rings. The SMILES string of the molecule is Cn1nc(-c2ccccc2)cc1C(=O)Nc1ccc(Nc2cc(Nc3ccccn3)ncn2)cc1. The number of aromatic nitrogens is 5. The molecule has 0 aliphatic carbocycles. The molecule has 0 unspecified atom stereocenters. The minimum atomic E-state index is -0.232. The molecule has 3 heterocycles. The van der Waals surface area contributed by atoms with Crippen LogP contribution in [0.5, 0.6) is 0 Å². The number of carbonyl (C=O) groups excluding carboxylic acids is 1. The van der Waals surface area contributed by atoms with Gasteiger partial charge in [-0.25, -0.2) is 15.0 Å². The third-order valence-electron chi connectivity index (χ3n) is 5.19. The Kier molecular flexibility index (Phi) is 6.12. The molecule has 5 aromatic rings. The number of aryl methyl sites for hydroxylation is 1. The first-order chi connectivity index (χ1) is 17.1. The van der Waals surface area contributed by atoms with Crippen LogP contribution in [0, 0.1) is 0 Å². The monoisotopic (exact) mass is 462 g/mol. The molecule has 9 nitrogen and oxygen atoms in total. The van der Waals surface area contributed by atoms with E-state index in [1.807, 2.05) is 72.8 Å². The summed E-state index contributed by atoms with van der Waals surface area (Å²) in [6.45, 7) is 0. The predicted octanol–water partition coefficient (Wildman–Crippen LogP) is 5.01. The summed E-state index contributed by atoms with van der Waals surface area (Å²) in [6, 6.07) is 26.3. The summed E-state index contributed by atoms with van der Waals surface area (Å²) in [6.07, 6.45) is 3.18. The average molecular weight is 463 g/mol. The Labute approximate surface area is 201 Å². The number of benzene rings is 2. The number of hydrogen-bond donors (Lipinski definition) is 3. The van der Waals surface area contributed by atoms with Crippen molar-refractivity contribution in [1.29, 1.82) is 0 Å². The molecular formula is C26H22N8O. The Morgan fingerprint density at radius 1 is 0.743 bits per heavy atom. The number of nitrogens with zero attached hydrogens (tertiary/aromatic N) is 5. The van der Waals surface area contributed by atoms with Gasteiger partial charge in [0.05, 0.1) is 5.69 Å². The minimum absolute atomic E-state index is 0.232. The van der Waals surface area contributed by atoms with Crippen molar-refractivity contribution in [2.75, 3.05) is 16.0 Å². The lowest BCUT2D eigenvalue weighted by molar-refractivity contribution is 0.101. The van der Waals surface area contributed by atoms with Crippen molar-refractivity contribution < 1.29 is 4.79 Å². The summed E-state index contributed by atoms with van der Waals surface area (Å²) in [5.74, 6) is 1.71. The molecular weight excluding hydrogens is 440 g/mol. The fourth-order valence-corrected chi connectivity index (χ4v) is 3.47. The van der Waals surface area contributed by atoms with Crippen LogP contribution in [-0.2, 0) is 7.05 Å². The van der Waals surface area contributed by atoms with Crippen molar-refractivity contribution in [3.8, 4) is 11.3 Å². The zero-order valence-electron chi connectivity index (χ0n) is 18.9. The number of rotatable bonds is 7. The minimum Gasteiger partial charge on any atom is -0.340 e. The third-order valence-corrected chi connectivity index (χ3v) is 5.19. The van der Waals surface area contributed by atoms with Crippen LogP contribution < -0.4 is 16.0 Å². The summed E-state index contributed by atoms with van der Waals surface area (Å²) in [5, 5.41) is 13.8. The first-order valence-electron chi connectivity index (χ1n) is 10.9. The smallest absolute Gasteiger partial charge is 0.273 e. The van der Waals surface area contributed by atoms with Crippen molar-refractivity contribution >= 4 is 34.7 Å². The van der Waals surface area contributed by atoms with Crippen LogP contribution in [0.25, 0.3) is 11.3 Å². The van der Waals surface area contributed by atoms with Gasteiger partial charge in [-0.3, -0.25) is 9.48 Å². The molecule has 0 atom stereocenters. The number of hydrogen-bond acceptors (Lipinski definition) is 7. The van der Waals surface area contributed by atoms with Gasteiger partial charge >= 0.3 is 0 Å². The lowest BCUT2D eigenvalue weighted by atomic mass is 10.1. The second kappa shape index (κ2) is 9.84. The van der Waals surface area contributed by atoms with Gasteiger partial charge in [0, 0.05) is 36.2 Å². The summed E-state index contributed by atoms with van der Waals surface area (Å²) in [7, 11) is 1.76. The fraction of sp³-hybridized carbons (Fsp3) is 0.0385. The van der Waals surface area contributed by atoms with Gasteiger partial charge in [-0.2, -0.15) is 5.10 Å². The predicted molar refractivity (Wildman–Crippen MR) is 136 cm³/mol. The standard InChI is InChI=1S/C26H22N8O/c1-34-22(15-21(33-34)18-7-3-2-4-8-18)26(35)31-20-12-10-19(11-13-20)30-24-16-25(29-17-28-24)32-23-9-5-6-14-27-23/h2-17H,1H3,(H,31,35)(H2,27,28,29,30,32). The Balaban J connectivity index is 1.23. The molecule has 0 saturated heterocycles. The van der Waals surface area contributed by atoms with E-state index in [1.165, 1.54) is 6.33 Å². The molecule has 35 heavy (non-hydrogen) atoms. The number of carbonyl (C=O) groups is 1. The summed E-state index contributed by atoms with van der Waals surface area (Å²) in [5.41, 5.74) is 3.67. The van der Waals surface area contributed by atoms with Crippen LogP contribution >= 0.6 is 0 Å². The Morgan fingerprint density at radius 3 is 2.20 bits per heavy atom. The van der Waals surface area contributed by atoms with E-state index in [4.69, 9.17) is 0 Å². The Hall–Kier alpha value is -5.05. The molecule has 0 bridgehead atoms. The lowest BCUT2D eigenvalue weighted by Crippen LogP contribution is -2.15. The molecule has 2 aromatic carbocycles. The summed E-state index contributed by atoms with van der Waals surface area (Å²) in [4.78, 5) is 25.5. The van der Waals surface area contributed by atoms with Crippen LogP contribution in [0.2, 0.25) is 0 Å². The molecule has 172 valence electrons. The van der Waals surface area contributed by atoms with E-state index < -0.39 is 0 Å².